The number of hydrogen-bond donors (Lipinski definition) is 3. The van der Waals surface area contributed by atoms with Crippen LogP contribution < -0.4 is 5.32 Å². The van der Waals surface area contributed by atoms with Gasteiger partial charge in [-0.3, -0.25) is 0 Å². The predicted molar refractivity (Wildman–Crippen MR) is 59.5 cm³/mol. The molecule has 0 aromatic heterocycles. The van der Waals surface area contributed by atoms with E-state index in [-0.39, 0.29) is 25.5 Å². The summed E-state index contributed by atoms with van der Waals surface area (Å²) in [6.07, 6.45) is 0. The first-order valence-electron chi connectivity index (χ1n) is 4.92. The van der Waals surface area contributed by atoms with Crippen LogP contribution in [-0.2, 0) is 9.84 Å². The normalized spacial score (nSPS) is 13.5. The zero-order valence-electron chi connectivity index (χ0n) is 9.52. The van der Waals surface area contributed by atoms with Gasteiger partial charge in [-0.2, -0.15) is 0 Å². The van der Waals surface area contributed by atoms with Crippen molar-refractivity contribution in [1.29, 1.82) is 0 Å². The predicted octanol–water partition coefficient (Wildman–Crippen LogP) is -0.857. The summed E-state index contributed by atoms with van der Waals surface area (Å²) < 4.78 is 22.5. The lowest BCUT2D eigenvalue weighted by atomic mass is 10.3. The quantitative estimate of drug-likeness (QED) is 0.561. The Balaban J connectivity index is 4.07. The Morgan fingerprint density at radius 2 is 1.67 bits per heavy atom. The number of aliphatic hydroxyl groups excluding tert-OH is 2. The number of aliphatic hydroxyl groups is 2. The van der Waals surface area contributed by atoms with Crippen LogP contribution >= 0.6 is 0 Å². The molecule has 0 spiro atoms. The fourth-order valence-corrected chi connectivity index (χ4v) is 1.89. The van der Waals surface area contributed by atoms with Crippen molar-refractivity contribution in [3.05, 3.63) is 0 Å². The zero-order chi connectivity index (χ0) is 12.1. The summed E-state index contributed by atoms with van der Waals surface area (Å²) in [4.78, 5) is 0. The van der Waals surface area contributed by atoms with Gasteiger partial charge in [0.25, 0.3) is 0 Å². The monoisotopic (exact) mass is 239 g/mol. The molecule has 92 valence electrons. The number of rotatable bonds is 6. The molecule has 0 unspecified atom stereocenters. The third-order valence-corrected chi connectivity index (χ3v) is 4.79. The molecule has 0 fully saturated rings. The van der Waals surface area contributed by atoms with Gasteiger partial charge in [-0.15, -0.1) is 0 Å². The fraction of sp³-hybridized carbons (Fsp3) is 1.00. The minimum atomic E-state index is -3.14. The Morgan fingerprint density at radius 1 is 1.20 bits per heavy atom. The van der Waals surface area contributed by atoms with E-state index in [4.69, 9.17) is 10.2 Å². The van der Waals surface area contributed by atoms with Gasteiger partial charge in [0, 0.05) is 6.54 Å². The summed E-state index contributed by atoms with van der Waals surface area (Å²) >= 11 is 0. The van der Waals surface area contributed by atoms with E-state index in [0.717, 1.165) is 0 Å². The van der Waals surface area contributed by atoms with Gasteiger partial charge < -0.3 is 15.5 Å². The fourth-order valence-electron chi connectivity index (χ4n) is 0.890. The maximum absolute atomic E-state index is 11.6. The first-order valence-corrected chi connectivity index (χ1v) is 6.57. The summed E-state index contributed by atoms with van der Waals surface area (Å²) in [7, 11) is -3.14. The molecular formula is C9H21NO4S. The maximum atomic E-state index is 11.6. The van der Waals surface area contributed by atoms with Crippen LogP contribution in [0.15, 0.2) is 0 Å². The van der Waals surface area contributed by atoms with Crippen LogP contribution in [0, 0.1) is 0 Å². The highest BCUT2D eigenvalue weighted by Gasteiger charge is 2.28. The minimum absolute atomic E-state index is 0.00694. The number of sulfone groups is 1. The first kappa shape index (κ1) is 14.8. The van der Waals surface area contributed by atoms with Gasteiger partial charge in [-0.25, -0.2) is 8.42 Å². The second kappa shape index (κ2) is 5.79. The van der Waals surface area contributed by atoms with Crippen molar-refractivity contribution in [3.8, 4) is 0 Å². The van der Waals surface area contributed by atoms with Crippen molar-refractivity contribution in [2.24, 2.45) is 0 Å². The molecule has 0 bridgehead atoms. The van der Waals surface area contributed by atoms with Crippen molar-refractivity contribution < 1.29 is 18.6 Å². The minimum Gasteiger partial charge on any atom is -0.395 e. The van der Waals surface area contributed by atoms with E-state index >= 15 is 0 Å². The van der Waals surface area contributed by atoms with Crippen LogP contribution in [0.2, 0.25) is 0 Å². The number of hydrogen-bond acceptors (Lipinski definition) is 5. The molecule has 0 aliphatic heterocycles. The molecule has 6 heteroatoms. The Morgan fingerprint density at radius 3 is 2.00 bits per heavy atom. The Hall–Kier alpha value is -0.170. The molecule has 5 nitrogen and oxygen atoms in total. The lowest BCUT2D eigenvalue weighted by molar-refractivity contribution is 0.173. The summed E-state index contributed by atoms with van der Waals surface area (Å²) in [6.45, 7) is 4.79. The summed E-state index contributed by atoms with van der Waals surface area (Å²) in [5.41, 5.74) is 0. The van der Waals surface area contributed by atoms with Gasteiger partial charge in [0.05, 0.1) is 29.8 Å². The van der Waals surface area contributed by atoms with E-state index < -0.39 is 20.6 Å². The summed E-state index contributed by atoms with van der Waals surface area (Å²) in [5, 5.41) is 20.3. The van der Waals surface area contributed by atoms with Crippen molar-refractivity contribution in [2.75, 3.05) is 25.5 Å². The Labute approximate surface area is 91.4 Å². The van der Waals surface area contributed by atoms with Gasteiger partial charge >= 0.3 is 0 Å². The van der Waals surface area contributed by atoms with E-state index in [1.54, 1.807) is 20.8 Å². The standard InChI is InChI=1S/C9H21NO4S/c1-9(2,3)15(13,14)5-4-10-8(6-11)7-12/h8,10-12H,4-7H2,1-3H3. The molecule has 0 heterocycles. The van der Waals surface area contributed by atoms with E-state index in [0.29, 0.717) is 0 Å². The molecule has 3 N–H and O–H groups in total. The topological polar surface area (TPSA) is 86.6 Å². The van der Waals surface area contributed by atoms with E-state index in [9.17, 15) is 8.42 Å². The van der Waals surface area contributed by atoms with E-state index in [1.807, 2.05) is 0 Å². The van der Waals surface area contributed by atoms with Gasteiger partial charge in [0.1, 0.15) is 0 Å². The molecule has 0 rings (SSSR count). The van der Waals surface area contributed by atoms with Crippen LogP contribution in [0.4, 0.5) is 0 Å². The second-order valence-corrected chi connectivity index (χ2v) is 7.31. The zero-order valence-corrected chi connectivity index (χ0v) is 10.3. The highest BCUT2D eigenvalue weighted by atomic mass is 32.2. The molecule has 0 atom stereocenters. The van der Waals surface area contributed by atoms with Crippen LogP contribution in [0.5, 0.6) is 0 Å². The molecule has 15 heavy (non-hydrogen) atoms. The van der Waals surface area contributed by atoms with E-state index in [1.165, 1.54) is 0 Å². The van der Waals surface area contributed by atoms with Gasteiger partial charge in [0.2, 0.25) is 0 Å². The molecule has 0 aromatic rings. The van der Waals surface area contributed by atoms with Crippen LogP contribution in [0.25, 0.3) is 0 Å². The van der Waals surface area contributed by atoms with Gasteiger partial charge in [-0.05, 0) is 20.8 Å². The van der Waals surface area contributed by atoms with E-state index in [2.05, 4.69) is 5.32 Å². The van der Waals surface area contributed by atoms with Gasteiger partial charge in [-0.1, -0.05) is 0 Å². The van der Waals surface area contributed by atoms with Gasteiger partial charge in [0.15, 0.2) is 9.84 Å². The average Bonchev–Trinajstić information content (AvgIpc) is 2.10. The Kier molecular flexibility index (Phi) is 5.72. The molecule has 0 saturated heterocycles. The second-order valence-electron chi connectivity index (χ2n) is 4.45. The highest BCUT2D eigenvalue weighted by Crippen LogP contribution is 2.15. The first-order chi connectivity index (χ1) is 6.74. The van der Waals surface area contributed by atoms with Crippen LogP contribution in [0.1, 0.15) is 20.8 Å². The molecule has 0 aliphatic carbocycles. The van der Waals surface area contributed by atoms with Crippen LogP contribution in [0.3, 0.4) is 0 Å². The SMILES string of the molecule is CC(C)(C)S(=O)(=O)CCNC(CO)CO. The maximum Gasteiger partial charge on any atom is 0.156 e. The Bertz CT molecular complexity index is 264. The summed E-state index contributed by atoms with van der Waals surface area (Å²) in [6, 6.07) is -0.444. The largest absolute Gasteiger partial charge is 0.395 e. The lowest BCUT2D eigenvalue weighted by Crippen LogP contribution is -2.41. The molecule has 0 aromatic carbocycles. The third kappa shape index (κ3) is 4.92. The average molecular weight is 239 g/mol. The smallest absolute Gasteiger partial charge is 0.156 e. The molecule has 0 amide bonds. The lowest BCUT2D eigenvalue weighted by Gasteiger charge is -2.20. The number of nitrogens with one attached hydrogen (secondary N) is 1. The van der Waals surface area contributed by atoms with Crippen molar-refractivity contribution >= 4 is 9.84 Å². The highest BCUT2D eigenvalue weighted by molar-refractivity contribution is 7.92. The molecule has 0 saturated carbocycles. The summed E-state index contributed by atoms with van der Waals surface area (Å²) in [5.74, 6) is 0.00694. The van der Waals surface area contributed by atoms with Crippen molar-refractivity contribution in [2.45, 2.75) is 31.6 Å². The molecular weight excluding hydrogens is 218 g/mol. The third-order valence-electron chi connectivity index (χ3n) is 2.18. The van der Waals surface area contributed by atoms with Crippen LogP contribution in [-0.4, -0.2) is 54.9 Å². The molecule has 0 aliphatic rings. The molecule has 0 radical (unpaired) electrons. The van der Waals surface area contributed by atoms with Crippen molar-refractivity contribution in [3.63, 3.8) is 0 Å². The van der Waals surface area contributed by atoms with Crippen molar-refractivity contribution in [1.82, 2.24) is 5.32 Å².